The first kappa shape index (κ1) is 12.4. The third kappa shape index (κ3) is 1.92. The molecule has 2 N–H and O–H groups in total. The van der Waals surface area contributed by atoms with E-state index in [1.807, 2.05) is 16.8 Å². The van der Waals surface area contributed by atoms with Gasteiger partial charge in [0.05, 0.1) is 16.9 Å². The molecule has 0 bridgehead atoms. The van der Waals surface area contributed by atoms with Crippen LogP contribution in [-0.2, 0) is 6.42 Å². The highest BCUT2D eigenvalue weighted by Gasteiger charge is 2.30. The summed E-state index contributed by atoms with van der Waals surface area (Å²) in [5, 5.41) is 17.2. The minimum atomic E-state index is -0.902. The third-order valence-corrected chi connectivity index (χ3v) is 4.53. The smallest absolute Gasteiger partial charge is 0.335 e. The van der Waals surface area contributed by atoms with Crippen LogP contribution >= 0.6 is 0 Å². The number of aromatic nitrogens is 2. The number of hydrogen-bond acceptors (Lipinski definition) is 3. The van der Waals surface area contributed by atoms with E-state index in [0.29, 0.717) is 11.5 Å². The van der Waals surface area contributed by atoms with Crippen molar-refractivity contribution in [3.8, 4) is 5.69 Å². The van der Waals surface area contributed by atoms with E-state index in [1.54, 1.807) is 12.1 Å². The number of nitrogens with one attached hydrogen (secondary N) is 1. The molecule has 5 heteroatoms. The van der Waals surface area contributed by atoms with Gasteiger partial charge in [-0.25, -0.2) is 9.48 Å². The summed E-state index contributed by atoms with van der Waals surface area (Å²) in [4.78, 5) is 10.9. The first-order chi connectivity index (χ1) is 10.2. The van der Waals surface area contributed by atoms with E-state index in [2.05, 4.69) is 5.32 Å². The number of fused-ring (bicyclic) bond motifs is 1. The van der Waals surface area contributed by atoms with E-state index >= 15 is 0 Å². The molecule has 108 valence electrons. The molecule has 1 aromatic heterocycles. The van der Waals surface area contributed by atoms with E-state index in [0.717, 1.165) is 24.5 Å². The fourth-order valence-corrected chi connectivity index (χ4v) is 3.14. The van der Waals surface area contributed by atoms with Crippen molar-refractivity contribution in [1.82, 2.24) is 9.78 Å². The Kier molecular flexibility index (Phi) is 2.74. The first-order valence-corrected chi connectivity index (χ1v) is 7.43. The summed E-state index contributed by atoms with van der Waals surface area (Å²) in [6.45, 7) is 0.958. The highest BCUT2D eigenvalue weighted by atomic mass is 16.4. The number of aromatic carboxylic acids is 1. The quantitative estimate of drug-likeness (QED) is 0.909. The third-order valence-electron chi connectivity index (χ3n) is 4.53. The summed E-state index contributed by atoms with van der Waals surface area (Å²) in [5.41, 5.74) is 3.80. The highest BCUT2D eigenvalue weighted by molar-refractivity contribution is 5.87. The minimum absolute atomic E-state index is 0.301. The maximum absolute atomic E-state index is 10.9. The Morgan fingerprint density at radius 3 is 2.67 bits per heavy atom. The molecule has 1 aliphatic carbocycles. The summed E-state index contributed by atoms with van der Waals surface area (Å²) in [6, 6.07) is 6.90. The van der Waals surface area contributed by atoms with Crippen molar-refractivity contribution in [3.05, 3.63) is 41.1 Å². The fraction of sp³-hybridized carbons (Fsp3) is 0.375. The molecule has 0 amide bonds. The average Bonchev–Trinajstić information content (AvgIpc) is 3.01. The van der Waals surface area contributed by atoms with Gasteiger partial charge >= 0.3 is 5.97 Å². The molecule has 1 fully saturated rings. The largest absolute Gasteiger partial charge is 0.478 e. The molecule has 1 saturated carbocycles. The van der Waals surface area contributed by atoms with Crippen molar-refractivity contribution in [1.29, 1.82) is 0 Å². The number of rotatable bonds is 3. The minimum Gasteiger partial charge on any atom is -0.478 e. The Labute approximate surface area is 122 Å². The lowest BCUT2D eigenvalue weighted by molar-refractivity contribution is 0.0697. The molecule has 0 radical (unpaired) electrons. The Bertz CT molecular complexity index is 699. The van der Waals surface area contributed by atoms with Crippen molar-refractivity contribution in [2.75, 3.05) is 11.9 Å². The Morgan fingerprint density at radius 2 is 2.05 bits per heavy atom. The van der Waals surface area contributed by atoms with E-state index in [4.69, 9.17) is 10.2 Å². The van der Waals surface area contributed by atoms with Crippen LogP contribution in [0.1, 0.15) is 46.8 Å². The van der Waals surface area contributed by atoms with Gasteiger partial charge < -0.3 is 10.4 Å². The van der Waals surface area contributed by atoms with Gasteiger partial charge in [-0.3, -0.25) is 0 Å². The summed E-state index contributed by atoms with van der Waals surface area (Å²) in [5.74, 6) is 0.790. The normalized spacial score (nSPS) is 17.1. The molecular weight excluding hydrogens is 266 g/mol. The molecule has 1 aromatic carbocycles. The summed E-state index contributed by atoms with van der Waals surface area (Å²) >= 11 is 0. The van der Waals surface area contributed by atoms with Crippen LogP contribution in [0, 0.1) is 0 Å². The van der Waals surface area contributed by atoms with Crippen LogP contribution in [0.5, 0.6) is 0 Å². The molecule has 2 heterocycles. The van der Waals surface area contributed by atoms with Crippen LogP contribution in [0.3, 0.4) is 0 Å². The molecule has 1 aliphatic heterocycles. The zero-order valence-corrected chi connectivity index (χ0v) is 11.7. The highest BCUT2D eigenvalue weighted by Crippen LogP contribution is 2.41. The Hall–Kier alpha value is -2.30. The molecule has 0 atom stereocenters. The topological polar surface area (TPSA) is 67.1 Å². The number of carboxylic acid groups (broad SMARTS) is 1. The summed E-state index contributed by atoms with van der Waals surface area (Å²) in [7, 11) is 0. The lowest BCUT2D eigenvalue weighted by Crippen LogP contribution is -2.12. The van der Waals surface area contributed by atoms with E-state index in [1.165, 1.54) is 30.5 Å². The van der Waals surface area contributed by atoms with Crippen molar-refractivity contribution in [2.24, 2.45) is 0 Å². The van der Waals surface area contributed by atoms with Crippen molar-refractivity contribution < 1.29 is 9.90 Å². The zero-order valence-electron chi connectivity index (χ0n) is 11.7. The van der Waals surface area contributed by atoms with Gasteiger partial charge in [0.1, 0.15) is 5.82 Å². The van der Waals surface area contributed by atoms with Gasteiger partial charge in [-0.1, -0.05) is 6.42 Å². The molecule has 2 aliphatic rings. The molecule has 5 nitrogen and oxygen atoms in total. The second-order valence-corrected chi connectivity index (χ2v) is 5.78. The molecule has 2 aromatic rings. The standard InChI is InChI=1S/C16H17N3O2/c20-16(21)11-4-6-12(7-5-11)19-15-13(8-9-17-15)14(18-19)10-2-1-3-10/h4-7,10,17H,1-3,8-9H2,(H,20,21). The van der Waals surface area contributed by atoms with Gasteiger partial charge in [-0.05, 0) is 43.5 Å². The second-order valence-electron chi connectivity index (χ2n) is 5.78. The molecular formula is C16H17N3O2. The fourth-order valence-electron chi connectivity index (χ4n) is 3.14. The lowest BCUT2D eigenvalue weighted by Gasteiger charge is -2.24. The van der Waals surface area contributed by atoms with Crippen molar-refractivity contribution in [3.63, 3.8) is 0 Å². The van der Waals surface area contributed by atoms with E-state index in [-0.39, 0.29) is 0 Å². The van der Waals surface area contributed by atoms with Crippen LogP contribution in [0.25, 0.3) is 5.69 Å². The second kappa shape index (κ2) is 4.62. The van der Waals surface area contributed by atoms with E-state index in [9.17, 15) is 4.79 Å². The number of carbonyl (C=O) groups is 1. The maximum atomic E-state index is 10.9. The van der Waals surface area contributed by atoms with E-state index < -0.39 is 5.97 Å². The number of benzene rings is 1. The van der Waals surface area contributed by atoms with Crippen LogP contribution in [0.15, 0.2) is 24.3 Å². The number of nitrogens with zero attached hydrogens (tertiary/aromatic N) is 2. The van der Waals surface area contributed by atoms with Crippen molar-refractivity contribution in [2.45, 2.75) is 31.6 Å². The van der Waals surface area contributed by atoms with Crippen LogP contribution < -0.4 is 5.32 Å². The monoisotopic (exact) mass is 283 g/mol. The molecule has 0 saturated heterocycles. The Morgan fingerprint density at radius 1 is 1.29 bits per heavy atom. The van der Waals surface area contributed by atoms with Gasteiger partial charge in [-0.15, -0.1) is 0 Å². The first-order valence-electron chi connectivity index (χ1n) is 7.43. The number of carboxylic acids is 1. The van der Waals surface area contributed by atoms with Gasteiger partial charge in [-0.2, -0.15) is 5.10 Å². The van der Waals surface area contributed by atoms with Gasteiger partial charge in [0.25, 0.3) is 0 Å². The number of hydrogen-bond donors (Lipinski definition) is 2. The van der Waals surface area contributed by atoms with Crippen molar-refractivity contribution >= 4 is 11.8 Å². The summed E-state index contributed by atoms with van der Waals surface area (Å²) in [6.07, 6.45) is 4.81. The molecule has 4 rings (SSSR count). The van der Waals surface area contributed by atoms with Crippen LogP contribution in [0.2, 0.25) is 0 Å². The SMILES string of the molecule is O=C(O)c1ccc(-n2nc(C3CCC3)c3c2NCC3)cc1. The predicted octanol–water partition coefficient (Wildman–Crippen LogP) is 2.81. The number of anilines is 1. The van der Waals surface area contributed by atoms with Crippen LogP contribution in [0.4, 0.5) is 5.82 Å². The molecule has 0 unspecified atom stereocenters. The average molecular weight is 283 g/mol. The summed E-state index contributed by atoms with van der Waals surface area (Å²) < 4.78 is 1.93. The van der Waals surface area contributed by atoms with Crippen LogP contribution in [-0.4, -0.2) is 27.4 Å². The van der Waals surface area contributed by atoms with Gasteiger partial charge in [0.2, 0.25) is 0 Å². The maximum Gasteiger partial charge on any atom is 0.335 e. The lowest BCUT2D eigenvalue weighted by atomic mass is 9.81. The molecule has 0 spiro atoms. The predicted molar refractivity (Wildman–Crippen MR) is 79.3 cm³/mol. The zero-order chi connectivity index (χ0) is 14.4. The molecule has 21 heavy (non-hydrogen) atoms. The Balaban J connectivity index is 1.76. The van der Waals surface area contributed by atoms with Gasteiger partial charge in [0.15, 0.2) is 0 Å². The van der Waals surface area contributed by atoms with Gasteiger partial charge in [0, 0.05) is 18.0 Å².